The molecular weight excluding hydrogens is 376 g/mol. The van der Waals surface area contributed by atoms with Crippen molar-refractivity contribution < 1.29 is 0 Å². The van der Waals surface area contributed by atoms with Crippen LogP contribution in [0.4, 0.5) is 0 Å². The molecule has 0 N–H and O–H groups in total. The average Bonchev–Trinajstić information content (AvgIpc) is 2.40. The summed E-state index contributed by atoms with van der Waals surface area (Å²) in [7, 11) is 0. The van der Waals surface area contributed by atoms with E-state index >= 15 is 0 Å². The highest BCUT2D eigenvalue weighted by Gasteiger charge is 2.17. The van der Waals surface area contributed by atoms with E-state index in [1.165, 1.54) is 26.7 Å². The fraction of sp³-hybridized carbons (Fsp3) is 0.333. The van der Waals surface area contributed by atoms with Crippen LogP contribution in [0.25, 0.3) is 0 Å². The van der Waals surface area contributed by atoms with Crippen LogP contribution in [-0.4, -0.2) is 0 Å². The molecule has 0 radical (unpaired) electrons. The maximum absolute atomic E-state index is 3.82. The number of rotatable bonds is 2. The van der Waals surface area contributed by atoms with Gasteiger partial charge in [0.1, 0.15) is 0 Å². The average molecular weight is 396 g/mol. The van der Waals surface area contributed by atoms with E-state index in [0.717, 1.165) is 0 Å². The molecule has 0 aromatic heterocycles. The first-order chi connectivity index (χ1) is 9.30. The molecule has 0 aliphatic rings. The molecule has 2 heteroatoms. The molecule has 2 rings (SSSR count). The summed E-state index contributed by atoms with van der Waals surface area (Å²) in [6, 6.07) is 15.3. The van der Waals surface area contributed by atoms with E-state index in [9.17, 15) is 0 Å². The molecule has 2 aromatic carbocycles. The van der Waals surface area contributed by atoms with Crippen LogP contribution in [0.15, 0.2) is 46.9 Å². The second kappa shape index (κ2) is 6.03. The lowest BCUT2D eigenvalue weighted by Gasteiger charge is -2.20. The summed E-state index contributed by atoms with van der Waals surface area (Å²) in [5.41, 5.74) is 5.38. The van der Waals surface area contributed by atoms with E-state index in [2.05, 4.69) is 102 Å². The SMILES string of the molecule is Cc1cccc(C(Br)c2ccc(C(C)(C)C)cc2)c1Br. The summed E-state index contributed by atoms with van der Waals surface area (Å²) in [4.78, 5) is 0.214. The fourth-order valence-electron chi connectivity index (χ4n) is 2.20. The molecule has 0 spiro atoms. The largest absolute Gasteiger partial charge is 0.0786 e. The van der Waals surface area contributed by atoms with E-state index in [0.29, 0.717) is 0 Å². The normalized spacial score (nSPS) is 13.3. The highest BCUT2D eigenvalue weighted by atomic mass is 79.9. The molecule has 0 nitrogen and oxygen atoms in total. The molecule has 0 saturated carbocycles. The van der Waals surface area contributed by atoms with Crippen molar-refractivity contribution in [1.29, 1.82) is 0 Å². The van der Waals surface area contributed by atoms with Crippen LogP contribution in [-0.2, 0) is 5.41 Å². The van der Waals surface area contributed by atoms with Gasteiger partial charge in [0, 0.05) is 4.47 Å². The van der Waals surface area contributed by atoms with Crippen LogP contribution in [0.2, 0.25) is 0 Å². The lowest BCUT2D eigenvalue weighted by atomic mass is 9.86. The molecule has 0 aliphatic heterocycles. The minimum absolute atomic E-state index is 0.199. The number of benzene rings is 2. The van der Waals surface area contributed by atoms with Gasteiger partial charge in [-0.3, -0.25) is 0 Å². The summed E-state index contributed by atoms with van der Waals surface area (Å²) < 4.78 is 1.18. The third-order valence-electron chi connectivity index (χ3n) is 3.56. The first-order valence-corrected chi connectivity index (χ1v) is 8.51. The predicted octanol–water partition coefficient (Wildman–Crippen LogP) is 6.54. The van der Waals surface area contributed by atoms with Gasteiger partial charge in [0.05, 0.1) is 4.83 Å². The molecule has 0 heterocycles. The quantitative estimate of drug-likeness (QED) is 0.506. The smallest absolute Gasteiger partial charge is 0.0655 e. The van der Waals surface area contributed by atoms with Crippen LogP contribution in [0.3, 0.4) is 0 Å². The van der Waals surface area contributed by atoms with Crippen LogP contribution < -0.4 is 0 Å². The lowest BCUT2D eigenvalue weighted by Crippen LogP contribution is -2.10. The van der Waals surface area contributed by atoms with Gasteiger partial charge in [-0.2, -0.15) is 0 Å². The van der Waals surface area contributed by atoms with Crippen molar-refractivity contribution in [1.82, 2.24) is 0 Å². The van der Waals surface area contributed by atoms with Gasteiger partial charge >= 0.3 is 0 Å². The molecule has 0 amide bonds. The molecule has 0 saturated heterocycles. The van der Waals surface area contributed by atoms with Crippen LogP contribution in [0, 0.1) is 6.92 Å². The zero-order valence-corrected chi connectivity index (χ0v) is 15.5. The zero-order valence-electron chi connectivity index (χ0n) is 12.4. The Kier molecular flexibility index (Phi) is 4.76. The van der Waals surface area contributed by atoms with Gasteiger partial charge in [0.25, 0.3) is 0 Å². The van der Waals surface area contributed by atoms with Crippen molar-refractivity contribution in [3.05, 3.63) is 69.2 Å². The van der Waals surface area contributed by atoms with Crippen LogP contribution in [0.1, 0.15) is 47.9 Å². The standard InChI is InChI=1S/C18H20Br2/c1-12-6-5-7-15(16(12)19)17(20)13-8-10-14(11-9-13)18(2,3)4/h5-11,17H,1-4H3. The lowest BCUT2D eigenvalue weighted by molar-refractivity contribution is 0.590. The molecule has 20 heavy (non-hydrogen) atoms. The number of hydrogen-bond donors (Lipinski definition) is 0. The highest BCUT2D eigenvalue weighted by molar-refractivity contribution is 9.11. The van der Waals surface area contributed by atoms with E-state index < -0.39 is 0 Å². The summed E-state index contributed by atoms with van der Waals surface area (Å²) in [5, 5.41) is 0. The number of halogens is 2. The van der Waals surface area contributed by atoms with E-state index in [4.69, 9.17) is 0 Å². The Morgan fingerprint density at radius 1 is 0.950 bits per heavy atom. The Labute approximate surface area is 138 Å². The summed E-state index contributed by atoms with van der Waals surface area (Å²) in [6.07, 6.45) is 0. The minimum atomic E-state index is 0.199. The van der Waals surface area contributed by atoms with Gasteiger partial charge in [-0.1, -0.05) is 95.1 Å². The fourth-order valence-corrected chi connectivity index (χ4v) is 3.68. The molecule has 1 atom stereocenters. The van der Waals surface area contributed by atoms with Crippen molar-refractivity contribution in [2.75, 3.05) is 0 Å². The molecule has 2 aromatic rings. The zero-order chi connectivity index (χ0) is 14.9. The van der Waals surface area contributed by atoms with Crippen molar-refractivity contribution in [2.45, 2.75) is 37.9 Å². The Morgan fingerprint density at radius 2 is 1.55 bits per heavy atom. The van der Waals surface area contributed by atoms with Gasteiger partial charge in [-0.05, 0) is 34.6 Å². The minimum Gasteiger partial charge on any atom is -0.0786 e. The first-order valence-electron chi connectivity index (χ1n) is 6.80. The number of aryl methyl sites for hydroxylation is 1. The van der Waals surface area contributed by atoms with E-state index in [1.54, 1.807) is 0 Å². The Balaban J connectivity index is 2.34. The van der Waals surface area contributed by atoms with Crippen molar-refractivity contribution in [3.63, 3.8) is 0 Å². The summed E-state index contributed by atoms with van der Waals surface area (Å²) >= 11 is 7.52. The summed E-state index contributed by atoms with van der Waals surface area (Å²) in [6.45, 7) is 8.84. The van der Waals surface area contributed by atoms with Crippen molar-refractivity contribution in [2.24, 2.45) is 0 Å². The van der Waals surface area contributed by atoms with E-state index in [-0.39, 0.29) is 10.2 Å². The molecule has 0 fully saturated rings. The number of hydrogen-bond acceptors (Lipinski definition) is 0. The molecule has 0 aliphatic carbocycles. The van der Waals surface area contributed by atoms with Crippen LogP contribution in [0.5, 0.6) is 0 Å². The highest BCUT2D eigenvalue weighted by Crippen LogP contribution is 2.37. The predicted molar refractivity (Wildman–Crippen MR) is 94.8 cm³/mol. The second-order valence-corrected chi connectivity index (χ2v) is 7.92. The monoisotopic (exact) mass is 394 g/mol. The Hall–Kier alpha value is -0.600. The molecular formula is C18H20Br2. The first kappa shape index (κ1) is 15.8. The van der Waals surface area contributed by atoms with Gasteiger partial charge in [-0.25, -0.2) is 0 Å². The topological polar surface area (TPSA) is 0 Å². The molecule has 106 valence electrons. The van der Waals surface area contributed by atoms with Gasteiger partial charge in [0.2, 0.25) is 0 Å². The second-order valence-electron chi connectivity index (χ2n) is 6.21. The van der Waals surface area contributed by atoms with Gasteiger partial charge in [0.15, 0.2) is 0 Å². The number of alkyl halides is 1. The van der Waals surface area contributed by atoms with Gasteiger partial charge < -0.3 is 0 Å². The Morgan fingerprint density at radius 3 is 2.10 bits per heavy atom. The van der Waals surface area contributed by atoms with Crippen LogP contribution >= 0.6 is 31.9 Å². The van der Waals surface area contributed by atoms with E-state index in [1.807, 2.05) is 0 Å². The molecule has 0 bridgehead atoms. The maximum Gasteiger partial charge on any atom is 0.0655 e. The third kappa shape index (κ3) is 3.35. The molecule has 1 unspecified atom stereocenters. The summed E-state index contributed by atoms with van der Waals surface area (Å²) in [5.74, 6) is 0. The van der Waals surface area contributed by atoms with Crippen molar-refractivity contribution >= 4 is 31.9 Å². The van der Waals surface area contributed by atoms with Crippen molar-refractivity contribution in [3.8, 4) is 0 Å². The van der Waals surface area contributed by atoms with Gasteiger partial charge in [-0.15, -0.1) is 0 Å². The third-order valence-corrected chi connectivity index (χ3v) is 5.67. The Bertz CT molecular complexity index is 592. The maximum atomic E-state index is 3.82.